The summed E-state index contributed by atoms with van der Waals surface area (Å²) in [6.07, 6.45) is 0.498. The van der Waals surface area contributed by atoms with Crippen molar-refractivity contribution in [1.82, 2.24) is 14.8 Å². The lowest BCUT2D eigenvalue weighted by Crippen LogP contribution is -2.34. The van der Waals surface area contributed by atoms with Gasteiger partial charge in [0.2, 0.25) is 0 Å². The molecule has 5 rings (SSSR count). The van der Waals surface area contributed by atoms with Crippen LogP contribution in [0.15, 0.2) is 92.5 Å². The Morgan fingerprint density at radius 1 is 1.09 bits per heavy atom. The molecule has 1 atom stereocenters. The van der Waals surface area contributed by atoms with Crippen LogP contribution in [-0.4, -0.2) is 26.4 Å². The molecular weight excluding hydrogens is 519 g/mol. The van der Waals surface area contributed by atoms with E-state index in [1.54, 1.807) is 29.5 Å². The van der Waals surface area contributed by atoms with Crippen LogP contribution in [0, 0.1) is 5.82 Å². The molecule has 0 fully saturated rings. The van der Waals surface area contributed by atoms with Gasteiger partial charge in [0.15, 0.2) is 0 Å². The van der Waals surface area contributed by atoms with Gasteiger partial charge in [-0.25, -0.2) is 14.1 Å². The van der Waals surface area contributed by atoms with Crippen LogP contribution in [0.5, 0.6) is 0 Å². The lowest BCUT2D eigenvalue weighted by molar-refractivity contribution is -0.133. The van der Waals surface area contributed by atoms with Crippen molar-refractivity contribution in [2.24, 2.45) is 5.10 Å². The fourth-order valence-electron chi connectivity index (χ4n) is 3.84. The summed E-state index contributed by atoms with van der Waals surface area (Å²) in [5.41, 5.74) is 2.56. The highest BCUT2D eigenvalue weighted by Gasteiger charge is 2.33. The summed E-state index contributed by atoms with van der Waals surface area (Å²) >= 11 is 4.98. The molecule has 3 heterocycles. The van der Waals surface area contributed by atoms with Gasteiger partial charge >= 0.3 is 0 Å². The first-order valence-electron chi connectivity index (χ1n) is 10.5. The average molecular weight is 537 g/mol. The number of nitrogens with zero attached hydrogens (tertiary/aromatic N) is 4. The first-order valence-corrected chi connectivity index (χ1v) is 12.2. The summed E-state index contributed by atoms with van der Waals surface area (Å²) < 4.78 is 15.5. The quantitative estimate of drug-likeness (QED) is 0.349. The Balaban J connectivity index is 1.46. The normalized spacial score (nSPS) is 15.4. The first kappa shape index (κ1) is 22.4. The van der Waals surface area contributed by atoms with Crippen molar-refractivity contribution in [3.05, 3.63) is 109 Å². The van der Waals surface area contributed by atoms with E-state index in [1.165, 1.54) is 23.2 Å². The van der Waals surface area contributed by atoms with Crippen LogP contribution in [0.4, 0.5) is 4.39 Å². The van der Waals surface area contributed by atoms with E-state index in [0.29, 0.717) is 12.1 Å². The fourth-order valence-corrected chi connectivity index (χ4v) is 4.96. The van der Waals surface area contributed by atoms with E-state index in [0.717, 1.165) is 30.9 Å². The lowest BCUT2D eigenvalue weighted by Gasteiger charge is -2.22. The molecule has 1 aliphatic heterocycles. The Hall–Kier alpha value is -3.43. The van der Waals surface area contributed by atoms with E-state index < -0.39 is 6.04 Å². The molecule has 1 amide bonds. The van der Waals surface area contributed by atoms with Crippen molar-refractivity contribution >= 4 is 38.9 Å². The van der Waals surface area contributed by atoms with E-state index in [4.69, 9.17) is 0 Å². The number of rotatable bonds is 5. The molecule has 0 radical (unpaired) electrons. The molecule has 0 spiro atoms. The number of hydrogen-bond acceptors (Lipinski definition) is 5. The summed E-state index contributed by atoms with van der Waals surface area (Å²) in [5.74, 6) is -0.721. The summed E-state index contributed by atoms with van der Waals surface area (Å²) in [4.78, 5) is 26.8. The maximum Gasteiger partial charge on any atom is 0.267 e. The molecule has 4 aromatic rings. The molecule has 2 aromatic heterocycles. The zero-order chi connectivity index (χ0) is 23.7. The van der Waals surface area contributed by atoms with Crippen LogP contribution in [0.3, 0.4) is 0 Å². The molecule has 170 valence electrons. The first-order chi connectivity index (χ1) is 16.5. The molecule has 34 heavy (non-hydrogen) atoms. The molecule has 1 aliphatic rings. The van der Waals surface area contributed by atoms with Crippen LogP contribution in [-0.2, 0) is 11.3 Å². The molecule has 0 bridgehead atoms. The van der Waals surface area contributed by atoms with E-state index in [2.05, 4.69) is 26.1 Å². The van der Waals surface area contributed by atoms with E-state index in [-0.39, 0.29) is 23.8 Å². The van der Waals surface area contributed by atoms with Crippen molar-refractivity contribution in [3.63, 3.8) is 0 Å². The van der Waals surface area contributed by atoms with Gasteiger partial charge in [0.25, 0.3) is 11.5 Å². The van der Waals surface area contributed by atoms with Crippen molar-refractivity contribution in [2.45, 2.75) is 19.0 Å². The third-order valence-electron chi connectivity index (χ3n) is 5.50. The van der Waals surface area contributed by atoms with E-state index in [9.17, 15) is 14.0 Å². The van der Waals surface area contributed by atoms with Gasteiger partial charge in [-0.15, -0.1) is 11.3 Å². The van der Waals surface area contributed by atoms with E-state index >= 15 is 0 Å². The third-order valence-corrected chi connectivity index (χ3v) is 6.91. The van der Waals surface area contributed by atoms with Gasteiger partial charge in [-0.2, -0.15) is 10.2 Å². The van der Waals surface area contributed by atoms with Crippen molar-refractivity contribution in [3.8, 4) is 11.3 Å². The largest absolute Gasteiger partial charge is 0.271 e. The predicted molar refractivity (Wildman–Crippen MR) is 133 cm³/mol. The second-order valence-corrected chi connectivity index (χ2v) is 9.62. The molecule has 9 heteroatoms. The number of aromatic nitrogens is 2. The van der Waals surface area contributed by atoms with Crippen molar-refractivity contribution in [1.29, 1.82) is 0 Å². The van der Waals surface area contributed by atoms with Gasteiger partial charge in [-0.1, -0.05) is 46.3 Å². The Morgan fingerprint density at radius 2 is 1.91 bits per heavy atom. The van der Waals surface area contributed by atoms with Gasteiger partial charge in [0, 0.05) is 22.5 Å². The number of halogens is 2. The molecule has 6 nitrogen and oxygen atoms in total. The number of carbonyl (C=O) groups is 1. The van der Waals surface area contributed by atoms with Crippen molar-refractivity contribution < 1.29 is 9.18 Å². The third kappa shape index (κ3) is 4.62. The van der Waals surface area contributed by atoms with Crippen LogP contribution >= 0.6 is 27.3 Å². The second kappa shape index (κ2) is 9.44. The smallest absolute Gasteiger partial charge is 0.267 e. The van der Waals surface area contributed by atoms with Gasteiger partial charge < -0.3 is 0 Å². The summed E-state index contributed by atoms with van der Waals surface area (Å²) in [5, 5.41) is 12.4. The molecule has 0 N–H and O–H groups in total. The summed E-state index contributed by atoms with van der Waals surface area (Å²) in [6, 6.07) is 20.1. The Morgan fingerprint density at radius 3 is 2.65 bits per heavy atom. The Bertz CT molecular complexity index is 1430. The minimum absolute atomic E-state index is 0.264. The zero-order valence-electron chi connectivity index (χ0n) is 17.8. The maximum absolute atomic E-state index is 13.5. The fraction of sp³-hybridized carbons (Fsp3) is 0.120. The highest BCUT2D eigenvalue weighted by atomic mass is 79.9. The Kier molecular flexibility index (Phi) is 6.21. The van der Waals surface area contributed by atoms with Crippen molar-refractivity contribution in [2.75, 3.05) is 0 Å². The number of hydrazone groups is 1. The number of amides is 1. The van der Waals surface area contributed by atoms with Gasteiger partial charge in [-0.05, 0) is 47.3 Å². The van der Waals surface area contributed by atoms with Crippen LogP contribution in [0.1, 0.15) is 22.9 Å². The highest BCUT2D eigenvalue weighted by Crippen LogP contribution is 2.34. The minimum atomic E-state index is -0.394. The topological polar surface area (TPSA) is 67.6 Å². The second-order valence-electron chi connectivity index (χ2n) is 7.76. The number of carbonyl (C=O) groups excluding carboxylic acids is 1. The van der Waals surface area contributed by atoms with Gasteiger partial charge in [0.1, 0.15) is 12.4 Å². The molecule has 0 saturated carbocycles. The average Bonchev–Trinajstić information content (AvgIpc) is 3.51. The highest BCUT2D eigenvalue weighted by molar-refractivity contribution is 9.10. The van der Waals surface area contributed by atoms with Crippen LogP contribution in [0.2, 0.25) is 0 Å². The predicted octanol–water partition coefficient (Wildman–Crippen LogP) is 5.25. The zero-order valence-corrected chi connectivity index (χ0v) is 20.2. The monoisotopic (exact) mass is 536 g/mol. The standard InChI is InChI=1S/C25H18BrFN4O2S/c26-18-4-1-3-17(13-18)20-10-11-24(32)30(28-20)15-25(33)31-22(16-6-8-19(27)9-7-16)14-21(29-31)23-5-2-12-34-23/h1-13,22H,14-15H2. The SMILES string of the molecule is O=C(Cn1nc(-c2cccc(Br)c2)ccc1=O)N1N=C(c2cccs2)CC1c1ccc(F)cc1. The molecule has 0 saturated heterocycles. The molecule has 0 aliphatic carbocycles. The molecule has 2 aromatic carbocycles. The Labute approximate surface area is 207 Å². The molecular formula is C25H18BrFN4O2S. The van der Waals surface area contributed by atoms with Crippen LogP contribution in [0.25, 0.3) is 11.3 Å². The van der Waals surface area contributed by atoms with Crippen LogP contribution < -0.4 is 5.56 Å². The van der Waals surface area contributed by atoms with Gasteiger partial charge in [0.05, 0.1) is 22.3 Å². The number of hydrogen-bond donors (Lipinski definition) is 0. The van der Waals surface area contributed by atoms with E-state index in [1.807, 2.05) is 41.8 Å². The maximum atomic E-state index is 13.5. The molecule has 1 unspecified atom stereocenters. The number of benzene rings is 2. The van der Waals surface area contributed by atoms with Gasteiger partial charge in [-0.3, -0.25) is 9.59 Å². The lowest BCUT2D eigenvalue weighted by atomic mass is 10.0. The number of thiophene rings is 1. The summed E-state index contributed by atoms with van der Waals surface area (Å²) in [7, 11) is 0. The minimum Gasteiger partial charge on any atom is -0.271 e. The summed E-state index contributed by atoms with van der Waals surface area (Å²) in [6.45, 7) is -0.264.